The second-order valence-corrected chi connectivity index (χ2v) is 2.31. The van der Waals surface area contributed by atoms with Gasteiger partial charge in [0.05, 0.1) is 6.33 Å². The van der Waals surface area contributed by atoms with Gasteiger partial charge in [0.25, 0.3) is 0 Å². The first kappa shape index (κ1) is 5.41. The summed E-state index contributed by atoms with van der Waals surface area (Å²) in [6, 6.07) is 1.98. The molecule has 0 spiro atoms. The van der Waals surface area contributed by atoms with Crippen LogP contribution in [0.3, 0.4) is 0 Å². The minimum atomic E-state index is 1.01. The first-order valence-electron chi connectivity index (χ1n) is 3.14. The molecule has 0 aliphatic carbocycles. The van der Waals surface area contributed by atoms with Gasteiger partial charge in [-0.1, -0.05) is 0 Å². The highest BCUT2D eigenvalue weighted by Crippen LogP contribution is 2.02. The third kappa shape index (κ3) is 0.673. The summed E-state index contributed by atoms with van der Waals surface area (Å²) in [6.45, 7) is 0. The number of H-pyrrole nitrogens is 1. The lowest BCUT2D eigenvalue weighted by Gasteiger charge is -1.84. The van der Waals surface area contributed by atoms with Crippen molar-refractivity contribution in [2.24, 2.45) is 7.05 Å². The number of imidazole rings is 1. The van der Waals surface area contributed by atoms with Gasteiger partial charge in [-0.25, -0.2) is 9.55 Å². The van der Waals surface area contributed by atoms with Gasteiger partial charge in [0.2, 0.25) is 0 Å². The molecular formula is C7H8N3+. The minimum absolute atomic E-state index is 1.01. The van der Waals surface area contributed by atoms with Crippen LogP contribution in [0.5, 0.6) is 0 Å². The van der Waals surface area contributed by atoms with E-state index in [1.165, 1.54) is 0 Å². The Morgan fingerprint density at radius 2 is 2.50 bits per heavy atom. The molecule has 0 aliphatic heterocycles. The van der Waals surface area contributed by atoms with E-state index in [9.17, 15) is 0 Å². The lowest BCUT2D eigenvalue weighted by Crippen LogP contribution is -2.25. The van der Waals surface area contributed by atoms with E-state index in [-0.39, 0.29) is 0 Å². The van der Waals surface area contributed by atoms with E-state index < -0.39 is 0 Å². The van der Waals surface area contributed by atoms with Crippen molar-refractivity contribution in [3.8, 4) is 0 Å². The van der Waals surface area contributed by atoms with Gasteiger partial charge in [-0.3, -0.25) is 0 Å². The SMILES string of the molecule is C[n+]1ccc2nc[nH]c2c1. The second kappa shape index (κ2) is 1.80. The maximum absolute atomic E-state index is 4.09. The van der Waals surface area contributed by atoms with Crippen LogP contribution in [-0.2, 0) is 7.05 Å². The summed E-state index contributed by atoms with van der Waals surface area (Å²) in [5, 5.41) is 0. The van der Waals surface area contributed by atoms with Crippen LogP contribution in [0.4, 0.5) is 0 Å². The van der Waals surface area contributed by atoms with E-state index in [4.69, 9.17) is 0 Å². The molecule has 2 aromatic rings. The average molecular weight is 134 g/mol. The monoisotopic (exact) mass is 134 g/mol. The molecule has 50 valence electrons. The van der Waals surface area contributed by atoms with Crippen LogP contribution in [0, 0.1) is 0 Å². The number of rotatable bonds is 0. The molecule has 0 atom stereocenters. The molecule has 3 nitrogen and oxygen atoms in total. The van der Waals surface area contributed by atoms with Gasteiger partial charge in [-0.05, 0) is 0 Å². The Kier molecular flexibility index (Phi) is 0.974. The average Bonchev–Trinajstić information content (AvgIpc) is 2.33. The number of pyridine rings is 1. The zero-order valence-corrected chi connectivity index (χ0v) is 5.70. The molecule has 0 saturated carbocycles. The fourth-order valence-corrected chi connectivity index (χ4v) is 0.986. The molecule has 3 heteroatoms. The second-order valence-electron chi connectivity index (χ2n) is 2.31. The normalized spacial score (nSPS) is 10.5. The summed E-state index contributed by atoms with van der Waals surface area (Å²) in [4.78, 5) is 7.12. The van der Waals surface area contributed by atoms with Crippen molar-refractivity contribution in [3.63, 3.8) is 0 Å². The van der Waals surface area contributed by atoms with E-state index in [0.717, 1.165) is 11.0 Å². The number of hydrogen-bond acceptors (Lipinski definition) is 1. The smallest absolute Gasteiger partial charge is 0.194 e. The molecule has 2 rings (SSSR count). The molecule has 2 aromatic heterocycles. The number of nitrogens with zero attached hydrogens (tertiary/aromatic N) is 2. The van der Waals surface area contributed by atoms with E-state index in [1.807, 2.05) is 30.1 Å². The Labute approximate surface area is 58.3 Å². The van der Waals surface area contributed by atoms with Crippen molar-refractivity contribution in [2.75, 3.05) is 0 Å². The van der Waals surface area contributed by atoms with Crippen LogP contribution < -0.4 is 4.57 Å². The largest absolute Gasteiger partial charge is 0.340 e. The van der Waals surface area contributed by atoms with Crippen LogP contribution in [-0.4, -0.2) is 9.97 Å². The van der Waals surface area contributed by atoms with Crippen LogP contribution in [0.1, 0.15) is 0 Å². The number of aryl methyl sites for hydroxylation is 1. The number of nitrogens with one attached hydrogen (secondary N) is 1. The summed E-state index contributed by atoms with van der Waals surface area (Å²) in [5.41, 5.74) is 2.09. The van der Waals surface area contributed by atoms with Gasteiger partial charge < -0.3 is 4.98 Å². The van der Waals surface area contributed by atoms with Crippen molar-refractivity contribution < 1.29 is 4.57 Å². The van der Waals surface area contributed by atoms with Gasteiger partial charge in [0, 0.05) is 6.07 Å². The van der Waals surface area contributed by atoms with E-state index >= 15 is 0 Å². The molecule has 0 bridgehead atoms. The van der Waals surface area contributed by atoms with Crippen LogP contribution in [0.2, 0.25) is 0 Å². The first-order chi connectivity index (χ1) is 4.86. The Balaban J connectivity index is 2.86. The van der Waals surface area contributed by atoms with Gasteiger partial charge in [-0.15, -0.1) is 0 Å². The molecule has 2 heterocycles. The molecule has 0 unspecified atom stereocenters. The predicted octanol–water partition coefficient (Wildman–Crippen LogP) is 0.387. The van der Waals surface area contributed by atoms with Crippen molar-refractivity contribution in [3.05, 3.63) is 24.8 Å². The van der Waals surface area contributed by atoms with Crippen LogP contribution in [0.25, 0.3) is 11.0 Å². The highest BCUT2D eigenvalue weighted by atomic mass is 14.9. The number of hydrogen-bond donors (Lipinski definition) is 1. The Hall–Kier alpha value is -1.38. The molecule has 0 fully saturated rings. The van der Waals surface area contributed by atoms with Gasteiger partial charge in [0.15, 0.2) is 12.4 Å². The predicted molar refractivity (Wildman–Crippen MR) is 37.3 cm³/mol. The zero-order chi connectivity index (χ0) is 6.97. The summed E-state index contributed by atoms with van der Waals surface area (Å²) in [5.74, 6) is 0. The highest BCUT2D eigenvalue weighted by Gasteiger charge is 1.97. The van der Waals surface area contributed by atoms with E-state index in [1.54, 1.807) is 6.33 Å². The highest BCUT2D eigenvalue weighted by molar-refractivity contribution is 5.71. The maximum Gasteiger partial charge on any atom is 0.194 e. The summed E-state index contributed by atoms with van der Waals surface area (Å²) >= 11 is 0. The van der Waals surface area contributed by atoms with Crippen LogP contribution >= 0.6 is 0 Å². The topological polar surface area (TPSA) is 32.6 Å². The van der Waals surface area contributed by atoms with Crippen molar-refractivity contribution in [2.45, 2.75) is 0 Å². The lowest BCUT2D eigenvalue weighted by atomic mass is 10.4. The third-order valence-corrected chi connectivity index (χ3v) is 1.50. The standard InChI is InChI=1S/C7H7N3/c1-10-3-2-6-7(4-10)9-5-8-6/h2-5H,1H3/p+1. The van der Waals surface area contributed by atoms with Crippen molar-refractivity contribution in [1.82, 2.24) is 9.97 Å². The quantitative estimate of drug-likeness (QED) is 0.519. The number of aromatic amines is 1. The third-order valence-electron chi connectivity index (χ3n) is 1.50. The number of fused-ring (bicyclic) bond motifs is 1. The first-order valence-corrected chi connectivity index (χ1v) is 3.14. The molecule has 0 aliphatic rings. The molecule has 1 N–H and O–H groups in total. The van der Waals surface area contributed by atoms with Crippen LogP contribution in [0.15, 0.2) is 24.8 Å². The molecule has 10 heavy (non-hydrogen) atoms. The molecule has 0 radical (unpaired) electrons. The molecular weight excluding hydrogens is 126 g/mol. The Morgan fingerprint density at radius 1 is 1.60 bits per heavy atom. The Bertz CT molecular complexity index is 350. The molecule has 0 saturated heterocycles. The van der Waals surface area contributed by atoms with Gasteiger partial charge in [-0.2, -0.15) is 0 Å². The lowest BCUT2D eigenvalue weighted by molar-refractivity contribution is -0.670. The van der Waals surface area contributed by atoms with E-state index in [0.29, 0.717) is 0 Å². The maximum atomic E-state index is 4.09. The molecule has 0 aromatic carbocycles. The number of aromatic nitrogens is 3. The zero-order valence-electron chi connectivity index (χ0n) is 5.70. The summed E-state index contributed by atoms with van der Waals surface area (Å²) in [6.07, 6.45) is 5.68. The minimum Gasteiger partial charge on any atom is -0.340 e. The molecule has 0 amide bonds. The van der Waals surface area contributed by atoms with Gasteiger partial charge in [0.1, 0.15) is 18.1 Å². The van der Waals surface area contributed by atoms with Crippen molar-refractivity contribution in [1.29, 1.82) is 0 Å². The fourth-order valence-electron chi connectivity index (χ4n) is 0.986. The fraction of sp³-hybridized carbons (Fsp3) is 0.143. The van der Waals surface area contributed by atoms with Gasteiger partial charge >= 0.3 is 0 Å². The van der Waals surface area contributed by atoms with E-state index in [2.05, 4.69) is 9.97 Å². The summed E-state index contributed by atoms with van der Waals surface area (Å²) in [7, 11) is 1.99. The van der Waals surface area contributed by atoms with Crippen molar-refractivity contribution >= 4 is 11.0 Å². The Morgan fingerprint density at radius 3 is 3.40 bits per heavy atom. The summed E-state index contributed by atoms with van der Waals surface area (Å²) < 4.78 is 1.99.